The largest absolute Gasteiger partial charge is 0.287 e. The van der Waals surface area contributed by atoms with Crippen LogP contribution in [0.5, 0.6) is 0 Å². The molecular weight excluding hydrogens is 262 g/mol. The number of sulfonamides is 1. The van der Waals surface area contributed by atoms with Crippen LogP contribution in [-0.4, -0.2) is 15.0 Å². The van der Waals surface area contributed by atoms with Crippen LogP contribution in [-0.2, 0) is 14.9 Å². The third-order valence-electron chi connectivity index (χ3n) is 2.39. The first-order valence-electron chi connectivity index (χ1n) is 5.86. The Morgan fingerprint density at radius 2 is 1.79 bits per heavy atom. The Morgan fingerprint density at radius 1 is 1.11 bits per heavy atom. The van der Waals surface area contributed by atoms with Crippen molar-refractivity contribution in [2.45, 2.75) is 11.8 Å². The molecule has 2 rings (SSSR count). The van der Waals surface area contributed by atoms with Crippen molar-refractivity contribution in [3.8, 4) is 0 Å². The van der Waals surface area contributed by atoms with Gasteiger partial charge in [-0.05, 0) is 25.1 Å². The van der Waals surface area contributed by atoms with E-state index in [1.807, 2.05) is 6.07 Å². The van der Waals surface area contributed by atoms with Gasteiger partial charge in [-0.25, -0.2) is 0 Å². The van der Waals surface area contributed by atoms with Crippen LogP contribution in [0.3, 0.4) is 0 Å². The molecule has 2 aromatic rings. The summed E-state index contributed by atoms with van der Waals surface area (Å²) in [6.45, 7) is 1.99. The molecule has 0 amide bonds. The van der Waals surface area contributed by atoms with Crippen LogP contribution in [0.15, 0.2) is 59.5 Å². The SMILES string of the molecule is CCON(c1ccccc1)S(=O)(=O)c1[c]cccc1. The van der Waals surface area contributed by atoms with Gasteiger partial charge in [0, 0.05) is 6.07 Å². The second-order valence-corrected chi connectivity index (χ2v) is 5.43. The van der Waals surface area contributed by atoms with Gasteiger partial charge in [0.1, 0.15) is 0 Å². The normalized spacial score (nSPS) is 11.2. The second-order valence-electron chi connectivity index (χ2n) is 3.71. The molecule has 0 aliphatic carbocycles. The fraction of sp³-hybridized carbons (Fsp3) is 0.143. The van der Waals surface area contributed by atoms with Crippen LogP contribution in [0, 0.1) is 6.07 Å². The number of hydrogen-bond acceptors (Lipinski definition) is 3. The van der Waals surface area contributed by atoms with Crippen molar-refractivity contribution in [1.29, 1.82) is 0 Å². The zero-order chi connectivity index (χ0) is 13.7. The van der Waals surface area contributed by atoms with Crippen molar-refractivity contribution < 1.29 is 13.3 Å². The highest BCUT2D eigenvalue weighted by atomic mass is 32.2. The van der Waals surface area contributed by atoms with Gasteiger partial charge in [0.15, 0.2) is 0 Å². The molecule has 99 valence electrons. The minimum absolute atomic E-state index is 0.0762. The van der Waals surface area contributed by atoms with Crippen LogP contribution in [0.2, 0.25) is 0 Å². The molecule has 0 aliphatic heterocycles. The van der Waals surface area contributed by atoms with E-state index in [-0.39, 0.29) is 11.5 Å². The molecular formula is C14H14NO3S. The fourth-order valence-electron chi connectivity index (χ4n) is 1.58. The minimum Gasteiger partial charge on any atom is -0.259 e. The zero-order valence-electron chi connectivity index (χ0n) is 10.5. The minimum atomic E-state index is -3.76. The van der Waals surface area contributed by atoms with Crippen LogP contribution in [0.4, 0.5) is 5.69 Å². The second kappa shape index (κ2) is 5.86. The standard InChI is InChI=1S/C14H14NO3S/c1-2-18-15(13-9-5-3-6-10-13)19(16,17)14-11-7-4-8-12-14/h3-11H,2H2,1H3. The molecule has 4 nitrogen and oxygen atoms in total. The third kappa shape index (κ3) is 2.94. The summed E-state index contributed by atoms with van der Waals surface area (Å²) in [5.41, 5.74) is 0.460. The number of para-hydroxylation sites is 1. The third-order valence-corrected chi connectivity index (χ3v) is 3.95. The average molecular weight is 276 g/mol. The van der Waals surface area contributed by atoms with Crippen molar-refractivity contribution in [1.82, 2.24) is 0 Å². The number of benzene rings is 2. The van der Waals surface area contributed by atoms with Gasteiger partial charge in [0.05, 0.1) is 17.2 Å². The summed E-state index contributed by atoms with van der Waals surface area (Å²) in [7, 11) is -3.76. The van der Waals surface area contributed by atoms with Crippen molar-refractivity contribution in [3.05, 3.63) is 60.7 Å². The maximum absolute atomic E-state index is 12.5. The lowest BCUT2D eigenvalue weighted by Gasteiger charge is -2.22. The molecule has 0 fully saturated rings. The highest BCUT2D eigenvalue weighted by molar-refractivity contribution is 7.92. The summed E-state index contributed by atoms with van der Waals surface area (Å²) < 4.78 is 25.9. The summed E-state index contributed by atoms with van der Waals surface area (Å²) >= 11 is 0. The van der Waals surface area contributed by atoms with E-state index in [0.717, 1.165) is 4.47 Å². The Labute approximate surface area is 113 Å². The number of hydrogen-bond donors (Lipinski definition) is 0. The summed E-state index contributed by atoms with van der Waals surface area (Å²) in [6.07, 6.45) is 0. The van der Waals surface area contributed by atoms with E-state index in [9.17, 15) is 8.42 Å². The van der Waals surface area contributed by atoms with E-state index in [1.165, 1.54) is 6.07 Å². The quantitative estimate of drug-likeness (QED) is 0.789. The van der Waals surface area contributed by atoms with Crippen molar-refractivity contribution in [2.75, 3.05) is 11.1 Å². The number of nitrogens with zero attached hydrogens (tertiary/aromatic N) is 1. The topological polar surface area (TPSA) is 46.6 Å². The van der Waals surface area contributed by atoms with Crippen molar-refractivity contribution in [3.63, 3.8) is 0 Å². The molecule has 0 unspecified atom stereocenters. The first-order valence-corrected chi connectivity index (χ1v) is 7.30. The van der Waals surface area contributed by atoms with Crippen molar-refractivity contribution >= 4 is 15.7 Å². The van der Waals surface area contributed by atoms with Gasteiger partial charge in [-0.3, -0.25) is 4.84 Å². The predicted octanol–water partition coefficient (Wildman–Crippen LogP) is 2.63. The molecule has 5 heteroatoms. The monoisotopic (exact) mass is 276 g/mol. The lowest BCUT2D eigenvalue weighted by atomic mass is 10.3. The smallest absolute Gasteiger partial charge is 0.259 e. The molecule has 0 aromatic heterocycles. The Hall–Kier alpha value is -1.85. The lowest BCUT2D eigenvalue weighted by Crippen LogP contribution is -2.31. The maximum Gasteiger partial charge on any atom is 0.287 e. The zero-order valence-corrected chi connectivity index (χ0v) is 11.3. The van der Waals surface area contributed by atoms with Crippen LogP contribution in [0.1, 0.15) is 6.92 Å². The molecule has 1 radical (unpaired) electrons. The molecule has 19 heavy (non-hydrogen) atoms. The van der Waals surface area contributed by atoms with E-state index in [4.69, 9.17) is 4.84 Å². The Kier molecular flexibility index (Phi) is 4.19. The number of rotatable bonds is 5. The molecule has 0 bridgehead atoms. The fourth-order valence-corrected chi connectivity index (χ4v) is 2.87. The summed E-state index contributed by atoms with van der Waals surface area (Å²) in [6, 6.07) is 17.8. The van der Waals surface area contributed by atoms with E-state index in [0.29, 0.717) is 5.69 Å². The van der Waals surface area contributed by atoms with Gasteiger partial charge < -0.3 is 0 Å². The van der Waals surface area contributed by atoms with Gasteiger partial charge in [-0.1, -0.05) is 36.4 Å². The summed E-state index contributed by atoms with van der Waals surface area (Å²) in [5, 5.41) is 0. The molecule has 0 heterocycles. The van der Waals surface area contributed by atoms with Gasteiger partial charge in [-0.2, -0.15) is 8.42 Å². The van der Waals surface area contributed by atoms with Crippen molar-refractivity contribution in [2.24, 2.45) is 0 Å². The molecule has 2 aromatic carbocycles. The van der Waals surface area contributed by atoms with E-state index in [2.05, 4.69) is 6.07 Å². The van der Waals surface area contributed by atoms with E-state index >= 15 is 0 Å². The van der Waals surface area contributed by atoms with E-state index < -0.39 is 10.0 Å². The Balaban J connectivity index is 2.45. The molecule has 0 spiro atoms. The first kappa shape index (κ1) is 13.6. The number of anilines is 1. The molecule has 0 aliphatic rings. The highest BCUT2D eigenvalue weighted by Crippen LogP contribution is 2.23. The Bertz CT molecular complexity index is 612. The predicted molar refractivity (Wildman–Crippen MR) is 73.0 cm³/mol. The van der Waals surface area contributed by atoms with Gasteiger partial charge >= 0.3 is 0 Å². The van der Waals surface area contributed by atoms with Crippen LogP contribution < -0.4 is 4.47 Å². The van der Waals surface area contributed by atoms with E-state index in [1.54, 1.807) is 49.4 Å². The molecule has 0 saturated heterocycles. The van der Waals surface area contributed by atoms with Crippen LogP contribution in [0.25, 0.3) is 0 Å². The molecule has 0 saturated carbocycles. The van der Waals surface area contributed by atoms with Gasteiger partial charge in [0.25, 0.3) is 10.0 Å². The first-order chi connectivity index (χ1) is 9.16. The van der Waals surface area contributed by atoms with Crippen LogP contribution >= 0.6 is 0 Å². The molecule has 0 N–H and O–H groups in total. The lowest BCUT2D eigenvalue weighted by molar-refractivity contribution is 0.163. The summed E-state index contributed by atoms with van der Waals surface area (Å²) in [4.78, 5) is 5.35. The Morgan fingerprint density at radius 3 is 2.37 bits per heavy atom. The maximum atomic E-state index is 12.5. The summed E-state index contributed by atoms with van der Waals surface area (Å²) in [5.74, 6) is 0. The molecule has 0 atom stereocenters. The van der Waals surface area contributed by atoms with Gasteiger partial charge in [-0.15, -0.1) is 4.47 Å². The highest BCUT2D eigenvalue weighted by Gasteiger charge is 2.25. The van der Waals surface area contributed by atoms with Gasteiger partial charge in [0.2, 0.25) is 0 Å². The average Bonchev–Trinajstić information content (AvgIpc) is 2.46.